The van der Waals surface area contributed by atoms with Crippen LogP contribution in [-0.4, -0.2) is 36.8 Å². The van der Waals surface area contributed by atoms with E-state index in [1.807, 2.05) is 33.8 Å². The molecule has 0 heterocycles. The molecule has 0 bridgehead atoms. The molecule has 0 aromatic heterocycles. The minimum atomic E-state index is -1.63. The van der Waals surface area contributed by atoms with Gasteiger partial charge < -0.3 is 14.6 Å². The van der Waals surface area contributed by atoms with Crippen LogP contribution < -0.4 is 0 Å². The quantitative estimate of drug-likeness (QED) is 0.476. The zero-order chi connectivity index (χ0) is 17.2. The molecule has 124 valence electrons. The molecule has 0 saturated heterocycles. The second-order valence-electron chi connectivity index (χ2n) is 7.74. The second-order valence-corrected chi connectivity index (χ2v) is 12.2. The smallest absolute Gasteiger partial charge is 0.184 e. The van der Waals surface area contributed by atoms with Gasteiger partial charge in [0.2, 0.25) is 0 Å². The number of hydrogen-bond donors (Lipinski definition) is 2. The minimum absolute atomic E-state index is 0.0384. The third-order valence-corrected chi connectivity index (χ3v) is 5.05. The van der Waals surface area contributed by atoms with Crippen LogP contribution in [0.4, 0.5) is 0 Å². The SMILES string of the molecule is CC1=C[C@@H](O[Si](C)(C)C)CC(C)(C)C1(O)C#C/C(C)=C/CO. The first kappa shape index (κ1) is 19.2. The van der Waals surface area contributed by atoms with E-state index in [-0.39, 0.29) is 12.7 Å². The molecule has 4 heteroatoms. The molecular formula is C18H30O3Si. The summed E-state index contributed by atoms with van der Waals surface area (Å²) >= 11 is 0. The highest BCUT2D eigenvalue weighted by Gasteiger charge is 2.48. The summed E-state index contributed by atoms with van der Waals surface area (Å²) in [4.78, 5) is 0. The van der Waals surface area contributed by atoms with Gasteiger partial charge in [-0.3, -0.25) is 0 Å². The predicted octanol–water partition coefficient (Wildman–Crippen LogP) is 3.26. The highest BCUT2D eigenvalue weighted by atomic mass is 28.4. The largest absolute Gasteiger partial charge is 0.411 e. The van der Waals surface area contributed by atoms with Crippen molar-refractivity contribution in [1.29, 1.82) is 0 Å². The van der Waals surface area contributed by atoms with Gasteiger partial charge in [0, 0.05) is 5.41 Å². The lowest BCUT2D eigenvalue weighted by Gasteiger charge is -2.46. The fourth-order valence-electron chi connectivity index (χ4n) is 2.82. The molecule has 3 nitrogen and oxygen atoms in total. The zero-order valence-corrected chi connectivity index (χ0v) is 15.9. The van der Waals surface area contributed by atoms with E-state index in [2.05, 4.69) is 31.5 Å². The Bertz CT molecular complexity index is 529. The van der Waals surface area contributed by atoms with E-state index in [9.17, 15) is 5.11 Å². The molecule has 2 atom stereocenters. The fraction of sp³-hybridized carbons (Fsp3) is 0.667. The van der Waals surface area contributed by atoms with Crippen molar-refractivity contribution in [1.82, 2.24) is 0 Å². The summed E-state index contributed by atoms with van der Waals surface area (Å²) in [5, 5.41) is 20.0. The maximum Gasteiger partial charge on any atom is 0.184 e. The Kier molecular flexibility index (Phi) is 5.86. The number of hydrogen-bond acceptors (Lipinski definition) is 3. The number of allylic oxidation sites excluding steroid dienone is 1. The fourth-order valence-corrected chi connectivity index (χ4v) is 3.88. The molecule has 0 aromatic carbocycles. The van der Waals surface area contributed by atoms with Gasteiger partial charge >= 0.3 is 0 Å². The van der Waals surface area contributed by atoms with Crippen LogP contribution in [0.5, 0.6) is 0 Å². The van der Waals surface area contributed by atoms with E-state index in [1.165, 1.54) is 0 Å². The molecule has 22 heavy (non-hydrogen) atoms. The summed E-state index contributed by atoms with van der Waals surface area (Å²) in [7, 11) is -1.63. The Morgan fingerprint density at radius 1 is 1.45 bits per heavy atom. The van der Waals surface area contributed by atoms with E-state index < -0.39 is 19.3 Å². The third-order valence-electron chi connectivity index (χ3n) is 4.04. The average molecular weight is 323 g/mol. The lowest BCUT2D eigenvalue weighted by molar-refractivity contribution is -0.0189. The van der Waals surface area contributed by atoms with Crippen LogP contribution in [0.3, 0.4) is 0 Å². The number of rotatable bonds is 3. The highest BCUT2D eigenvalue weighted by molar-refractivity contribution is 6.69. The van der Waals surface area contributed by atoms with Crippen LogP contribution in [0.15, 0.2) is 23.3 Å². The standard InChI is InChI=1S/C18H30O3Si/c1-14(9-11-19)8-10-18(20)15(2)12-16(13-17(18,3)4)21-22(5,6)7/h9,12,16,19-20H,11,13H2,1-7H3/b14-9+/t16-,18?/m1/s1. The van der Waals surface area contributed by atoms with Gasteiger partial charge in [0.05, 0.1) is 12.7 Å². The van der Waals surface area contributed by atoms with Crippen molar-refractivity contribution in [3.63, 3.8) is 0 Å². The maximum atomic E-state index is 11.1. The predicted molar refractivity (Wildman–Crippen MR) is 93.9 cm³/mol. The van der Waals surface area contributed by atoms with E-state index in [1.54, 1.807) is 6.08 Å². The van der Waals surface area contributed by atoms with Crippen molar-refractivity contribution in [3.05, 3.63) is 23.3 Å². The number of aliphatic hydroxyl groups excluding tert-OH is 1. The highest BCUT2D eigenvalue weighted by Crippen LogP contribution is 2.45. The van der Waals surface area contributed by atoms with Gasteiger partial charge in [-0.15, -0.1) is 0 Å². The first-order valence-corrected chi connectivity index (χ1v) is 11.2. The molecule has 2 N–H and O–H groups in total. The normalized spacial score (nSPS) is 28.7. The van der Waals surface area contributed by atoms with Crippen molar-refractivity contribution < 1.29 is 14.6 Å². The van der Waals surface area contributed by atoms with Crippen LogP contribution >= 0.6 is 0 Å². The van der Waals surface area contributed by atoms with Crippen molar-refractivity contribution in [2.45, 2.75) is 65.5 Å². The van der Waals surface area contributed by atoms with Crippen LogP contribution in [0.1, 0.15) is 34.1 Å². The number of aliphatic hydroxyl groups is 2. The van der Waals surface area contributed by atoms with Crippen LogP contribution in [0.2, 0.25) is 19.6 Å². The van der Waals surface area contributed by atoms with Gasteiger partial charge in [0.15, 0.2) is 13.9 Å². The molecule has 0 fully saturated rings. The molecule has 0 aliphatic heterocycles. The Hall–Kier alpha value is -0.863. The van der Waals surface area contributed by atoms with Gasteiger partial charge in [0.25, 0.3) is 0 Å². The lowest BCUT2D eigenvalue weighted by atomic mass is 9.64. The summed E-state index contributed by atoms with van der Waals surface area (Å²) < 4.78 is 6.20. The summed E-state index contributed by atoms with van der Waals surface area (Å²) in [6, 6.07) is 0. The van der Waals surface area contributed by atoms with E-state index in [4.69, 9.17) is 9.53 Å². The Labute approximate surface area is 136 Å². The Morgan fingerprint density at radius 3 is 2.50 bits per heavy atom. The van der Waals surface area contributed by atoms with Gasteiger partial charge in [0.1, 0.15) is 0 Å². The topological polar surface area (TPSA) is 49.7 Å². The van der Waals surface area contributed by atoms with E-state index >= 15 is 0 Å². The molecule has 0 amide bonds. The van der Waals surface area contributed by atoms with Crippen LogP contribution in [-0.2, 0) is 4.43 Å². The molecular weight excluding hydrogens is 292 g/mol. The first-order chi connectivity index (χ1) is 9.91. The van der Waals surface area contributed by atoms with Crippen molar-refractivity contribution in [2.24, 2.45) is 5.41 Å². The molecule has 0 aromatic rings. The van der Waals surface area contributed by atoms with Gasteiger partial charge in [-0.25, -0.2) is 0 Å². The van der Waals surface area contributed by atoms with Gasteiger partial charge in [-0.1, -0.05) is 31.8 Å². The first-order valence-electron chi connectivity index (χ1n) is 7.81. The molecule has 0 spiro atoms. The molecule has 1 rings (SSSR count). The van der Waals surface area contributed by atoms with Crippen molar-refractivity contribution >= 4 is 8.32 Å². The molecule has 0 saturated carbocycles. The minimum Gasteiger partial charge on any atom is -0.411 e. The average Bonchev–Trinajstić information content (AvgIpc) is 2.31. The molecule has 1 aliphatic rings. The summed E-state index contributed by atoms with van der Waals surface area (Å²) in [6.45, 7) is 14.3. The summed E-state index contributed by atoms with van der Waals surface area (Å²) in [5.74, 6) is 5.99. The van der Waals surface area contributed by atoms with E-state index in [0.29, 0.717) is 0 Å². The van der Waals surface area contributed by atoms with Crippen molar-refractivity contribution in [3.8, 4) is 11.8 Å². The van der Waals surface area contributed by atoms with E-state index in [0.717, 1.165) is 17.6 Å². The second kappa shape index (κ2) is 6.72. The summed E-state index contributed by atoms with van der Waals surface area (Å²) in [5.41, 5.74) is 0.0377. The summed E-state index contributed by atoms with van der Waals surface area (Å²) in [6.07, 6.45) is 4.44. The van der Waals surface area contributed by atoms with Gasteiger partial charge in [-0.05, 0) is 57.1 Å². The van der Waals surface area contributed by atoms with Crippen LogP contribution in [0.25, 0.3) is 0 Å². The maximum absolute atomic E-state index is 11.1. The monoisotopic (exact) mass is 322 g/mol. The van der Waals surface area contributed by atoms with Gasteiger partial charge in [-0.2, -0.15) is 0 Å². The molecule has 0 radical (unpaired) electrons. The molecule has 1 unspecified atom stereocenters. The Balaban J connectivity index is 3.15. The Morgan fingerprint density at radius 2 is 2.05 bits per heavy atom. The van der Waals surface area contributed by atoms with Crippen molar-refractivity contribution in [2.75, 3.05) is 6.61 Å². The zero-order valence-electron chi connectivity index (χ0n) is 14.9. The lowest BCUT2D eigenvalue weighted by Crippen LogP contribution is -2.51. The molecule has 1 aliphatic carbocycles. The van der Waals surface area contributed by atoms with Crippen LogP contribution in [0, 0.1) is 17.3 Å². The third kappa shape index (κ3) is 4.56.